The van der Waals surface area contributed by atoms with Gasteiger partial charge in [0.25, 0.3) is 5.91 Å². The highest BCUT2D eigenvalue weighted by Crippen LogP contribution is 2.22. The zero-order valence-electron chi connectivity index (χ0n) is 10.6. The number of nitrogens with two attached hydrogens (primary N) is 2. The standard InChI is InChI=1S/C14H13N5O/c15-13(20)11-7-18-14(16)19(8-11)12-5-9-3-1-2-4-10(9)6-17-12/h1-8,14H,16H2,(H2,15,20). The van der Waals surface area contributed by atoms with Crippen LogP contribution < -0.4 is 16.4 Å². The second-order valence-electron chi connectivity index (χ2n) is 4.44. The summed E-state index contributed by atoms with van der Waals surface area (Å²) in [4.78, 5) is 21.2. The fourth-order valence-corrected chi connectivity index (χ4v) is 2.03. The number of carbonyl (C=O) groups is 1. The number of hydrogen-bond acceptors (Lipinski definition) is 5. The fourth-order valence-electron chi connectivity index (χ4n) is 2.03. The van der Waals surface area contributed by atoms with Crippen LogP contribution in [0.1, 0.15) is 0 Å². The molecule has 0 saturated heterocycles. The summed E-state index contributed by atoms with van der Waals surface area (Å²) in [6.07, 6.45) is 4.08. The van der Waals surface area contributed by atoms with Gasteiger partial charge in [-0.2, -0.15) is 0 Å². The molecular weight excluding hydrogens is 254 g/mol. The van der Waals surface area contributed by atoms with E-state index in [1.165, 1.54) is 6.21 Å². The number of benzene rings is 1. The van der Waals surface area contributed by atoms with Crippen molar-refractivity contribution >= 4 is 28.7 Å². The van der Waals surface area contributed by atoms with Crippen molar-refractivity contribution in [3.05, 3.63) is 48.3 Å². The number of carbonyl (C=O) groups excluding carboxylic acids is 1. The van der Waals surface area contributed by atoms with Crippen LogP contribution in [0.3, 0.4) is 0 Å². The molecule has 100 valence electrons. The summed E-state index contributed by atoms with van der Waals surface area (Å²) in [5.41, 5.74) is 11.5. The lowest BCUT2D eigenvalue weighted by Crippen LogP contribution is -2.41. The Bertz CT molecular complexity index is 737. The van der Waals surface area contributed by atoms with Gasteiger partial charge in [0.05, 0.1) is 5.57 Å². The number of anilines is 1. The molecule has 2 heterocycles. The summed E-state index contributed by atoms with van der Waals surface area (Å²) >= 11 is 0. The van der Waals surface area contributed by atoms with Gasteiger partial charge in [-0.05, 0) is 11.5 Å². The summed E-state index contributed by atoms with van der Waals surface area (Å²) in [5.74, 6) is 0.0678. The number of primary amides is 1. The van der Waals surface area contributed by atoms with E-state index >= 15 is 0 Å². The number of hydrogen-bond donors (Lipinski definition) is 2. The molecule has 6 nitrogen and oxygen atoms in total. The van der Waals surface area contributed by atoms with E-state index in [2.05, 4.69) is 9.98 Å². The van der Waals surface area contributed by atoms with Gasteiger partial charge >= 0.3 is 0 Å². The normalized spacial score (nSPS) is 18.1. The molecule has 3 rings (SSSR count). The Labute approximate surface area is 115 Å². The molecule has 1 aliphatic heterocycles. The van der Waals surface area contributed by atoms with Gasteiger partial charge in [-0.15, -0.1) is 0 Å². The zero-order chi connectivity index (χ0) is 14.1. The number of pyridine rings is 1. The molecule has 4 N–H and O–H groups in total. The van der Waals surface area contributed by atoms with E-state index in [9.17, 15) is 4.79 Å². The van der Waals surface area contributed by atoms with E-state index in [1.807, 2.05) is 30.3 Å². The Morgan fingerprint density at radius 2 is 2.00 bits per heavy atom. The Balaban J connectivity index is 2.05. The van der Waals surface area contributed by atoms with E-state index in [4.69, 9.17) is 11.5 Å². The molecule has 1 amide bonds. The average molecular weight is 267 g/mol. The van der Waals surface area contributed by atoms with Crippen LogP contribution in [0.25, 0.3) is 10.8 Å². The molecule has 1 aromatic carbocycles. The molecule has 1 unspecified atom stereocenters. The van der Waals surface area contributed by atoms with Crippen molar-refractivity contribution < 1.29 is 4.79 Å². The predicted molar refractivity (Wildman–Crippen MR) is 78.0 cm³/mol. The van der Waals surface area contributed by atoms with Gasteiger partial charge in [0.15, 0.2) is 6.29 Å². The minimum atomic E-state index is -0.619. The maximum atomic E-state index is 11.2. The van der Waals surface area contributed by atoms with Crippen LogP contribution in [0, 0.1) is 0 Å². The molecule has 1 aliphatic rings. The van der Waals surface area contributed by atoms with Crippen molar-refractivity contribution in [1.82, 2.24) is 4.98 Å². The molecule has 0 spiro atoms. The van der Waals surface area contributed by atoms with Gasteiger partial charge in [-0.25, -0.2) is 4.98 Å². The van der Waals surface area contributed by atoms with Crippen LogP contribution in [-0.2, 0) is 4.79 Å². The van der Waals surface area contributed by atoms with Crippen LogP contribution in [0.2, 0.25) is 0 Å². The van der Waals surface area contributed by atoms with Gasteiger partial charge < -0.3 is 5.73 Å². The number of rotatable bonds is 2. The first-order valence-electron chi connectivity index (χ1n) is 6.09. The van der Waals surface area contributed by atoms with Gasteiger partial charge in [0.2, 0.25) is 0 Å². The first-order chi connectivity index (χ1) is 9.65. The molecule has 0 bridgehead atoms. The van der Waals surface area contributed by atoms with Crippen molar-refractivity contribution in [2.24, 2.45) is 16.5 Å². The minimum Gasteiger partial charge on any atom is -0.366 e. The number of aromatic nitrogens is 1. The quantitative estimate of drug-likeness (QED) is 0.838. The molecule has 0 aliphatic carbocycles. The van der Waals surface area contributed by atoms with Crippen LogP contribution in [0.4, 0.5) is 5.82 Å². The molecular formula is C14H13N5O. The summed E-state index contributed by atoms with van der Waals surface area (Å²) < 4.78 is 0. The van der Waals surface area contributed by atoms with E-state index < -0.39 is 12.2 Å². The average Bonchev–Trinajstić information content (AvgIpc) is 2.47. The highest BCUT2D eigenvalue weighted by atomic mass is 16.1. The van der Waals surface area contributed by atoms with E-state index in [1.54, 1.807) is 17.3 Å². The number of amides is 1. The largest absolute Gasteiger partial charge is 0.366 e. The number of aliphatic imine (C=N–C) groups is 1. The van der Waals surface area contributed by atoms with E-state index in [0.717, 1.165) is 10.8 Å². The van der Waals surface area contributed by atoms with Crippen LogP contribution >= 0.6 is 0 Å². The molecule has 0 saturated carbocycles. The maximum absolute atomic E-state index is 11.2. The van der Waals surface area contributed by atoms with Crippen LogP contribution in [0.15, 0.2) is 53.3 Å². The SMILES string of the molecule is NC(=O)C1=CN(c2cc3ccccc3cn2)C(N)N=C1. The van der Waals surface area contributed by atoms with Crippen molar-refractivity contribution in [3.8, 4) is 0 Å². The Kier molecular flexibility index (Phi) is 2.92. The highest BCUT2D eigenvalue weighted by Gasteiger charge is 2.19. The monoisotopic (exact) mass is 267 g/mol. The molecule has 1 atom stereocenters. The third-order valence-corrected chi connectivity index (χ3v) is 3.10. The molecule has 0 fully saturated rings. The van der Waals surface area contributed by atoms with Crippen LogP contribution in [-0.4, -0.2) is 23.4 Å². The van der Waals surface area contributed by atoms with Crippen molar-refractivity contribution in [2.75, 3.05) is 4.90 Å². The lowest BCUT2D eigenvalue weighted by molar-refractivity contribution is -0.114. The Morgan fingerprint density at radius 1 is 1.25 bits per heavy atom. The lowest BCUT2D eigenvalue weighted by Gasteiger charge is -2.26. The molecule has 1 aromatic heterocycles. The third-order valence-electron chi connectivity index (χ3n) is 3.10. The van der Waals surface area contributed by atoms with Gasteiger partial charge in [-0.3, -0.25) is 20.4 Å². The fraction of sp³-hybridized carbons (Fsp3) is 0.0714. The molecule has 2 aromatic rings. The van der Waals surface area contributed by atoms with Crippen molar-refractivity contribution in [2.45, 2.75) is 6.29 Å². The summed E-state index contributed by atoms with van der Waals surface area (Å²) in [6, 6.07) is 9.75. The summed E-state index contributed by atoms with van der Waals surface area (Å²) in [7, 11) is 0. The maximum Gasteiger partial charge on any atom is 0.251 e. The number of fused-ring (bicyclic) bond motifs is 1. The molecule has 6 heteroatoms. The second kappa shape index (κ2) is 4.75. The zero-order valence-corrected chi connectivity index (χ0v) is 10.6. The highest BCUT2D eigenvalue weighted by molar-refractivity contribution is 6.12. The summed E-state index contributed by atoms with van der Waals surface area (Å²) in [5, 5.41) is 2.07. The van der Waals surface area contributed by atoms with Crippen molar-refractivity contribution in [1.29, 1.82) is 0 Å². The van der Waals surface area contributed by atoms with E-state index in [0.29, 0.717) is 11.4 Å². The van der Waals surface area contributed by atoms with Crippen molar-refractivity contribution in [3.63, 3.8) is 0 Å². The first-order valence-corrected chi connectivity index (χ1v) is 6.09. The topological polar surface area (TPSA) is 97.6 Å². The number of nitrogens with zero attached hydrogens (tertiary/aromatic N) is 3. The van der Waals surface area contributed by atoms with Gasteiger partial charge in [-0.1, -0.05) is 24.3 Å². The third kappa shape index (κ3) is 2.12. The Morgan fingerprint density at radius 3 is 2.75 bits per heavy atom. The van der Waals surface area contributed by atoms with E-state index in [-0.39, 0.29) is 0 Å². The van der Waals surface area contributed by atoms with Gasteiger partial charge in [0, 0.05) is 24.0 Å². The molecule has 0 radical (unpaired) electrons. The van der Waals surface area contributed by atoms with Crippen LogP contribution in [0.5, 0.6) is 0 Å². The van der Waals surface area contributed by atoms with Gasteiger partial charge in [0.1, 0.15) is 5.82 Å². The first kappa shape index (κ1) is 12.3. The summed E-state index contributed by atoms with van der Waals surface area (Å²) in [6.45, 7) is 0. The predicted octanol–water partition coefficient (Wildman–Crippen LogP) is 0.737. The molecule has 20 heavy (non-hydrogen) atoms. The lowest BCUT2D eigenvalue weighted by atomic mass is 10.2. The Hall–Kier alpha value is -2.73. The smallest absolute Gasteiger partial charge is 0.251 e. The second-order valence-corrected chi connectivity index (χ2v) is 4.44. The minimum absolute atomic E-state index is 0.293.